The minimum absolute atomic E-state index is 0. The number of halogens is 5. The largest absolute Gasteiger partial charge is 0.454 e. The van der Waals surface area contributed by atoms with Crippen LogP contribution in [0, 0.1) is 0 Å². The summed E-state index contributed by atoms with van der Waals surface area (Å²) < 4.78 is 70.0. The van der Waals surface area contributed by atoms with E-state index in [2.05, 4.69) is 25.1 Å². The Bertz CT molecular complexity index is 902. The minimum Gasteiger partial charge on any atom is -0.454 e. The lowest BCUT2D eigenvalue weighted by atomic mass is 10.1. The maximum absolute atomic E-state index is 12.7. The minimum atomic E-state index is -3.01. The number of guanidine groups is 1. The number of ether oxygens (including phenoxy) is 4. The van der Waals surface area contributed by atoms with Gasteiger partial charge >= 0.3 is 13.2 Å². The Labute approximate surface area is 192 Å². The van der Waals surface area contributed by atoms with Gasteiger partial charge in [0, 0.05) is 37.3 Å². The number of nitrogens with one attached hydrogen (secondary N) is 2. The van der Waals surface area contributed by atoms with Crippen molar-refractivity contribution in [3.8, 4) is 23.0 Å². The van der Waals surface area contributed by atoms with Gasteiger partial charge in [0.25, 0.3) is 0 Å². The molecule has 2 N–H and O–H groups in total. The molecule has 2 aromatic rings. The van der Waals surface area contributed by atoms with Gasteiger partial charge in [-0.25, -0.2) is 0 Å². The smallest absolute Gasteiger partial charge is 0.387 e. The Kier molecular flexibility index (Phi) is 9.27. The molecular formula is C19H20F4IN3O4. The zero-order chi connectivity index (χ0) is 21.5. The van der Waals surface area contributed by atoms with Gasteiger partial charge in [0.2, 0.25) is 6.79 Å². The van der Waals surface area contributed by atoms with Crippen molar-refractivity contribution in [1.82, 2.24) is 10.6 Å². The van der Waals surface area contributed by atoms with Crippen LogP contribution in [0.2, 0.25) is 0 Å². The van der Waals surface area contributed by atoms with Crippen LogP contribution in [0.3, 0.4) is 0 Å². The van der Waals surface area contributed by atoms with Crippen molar-refractivity contribution >= 4 is 29.9 Å². The average molecular weight is 557 g/mol. The standard InChI is InChI=1S/C19H19F4N3O4.HI/c1-24-19(25-8-11-4-2-3-5-13(11)29-17(20)21)26-9-12-6-15-16(28-10-27-15)7-14(12)30-18(22)23;/h2-7,17-18H,8-10H2,1H3,(H2,24,25,26);1H. The van der Waals surface area contributed by atoms with E-state index in [1.807, 2.05) is 0 Å². The van der Waals surface area contributed by atoms with Crippen LogP contribution in [-0.2, 0) is 13.1 Å². The number of aliphatic imine (C=N–C) groups is 1. The maximum atomic E-state index is 12.7. The molecule has 7 nitrogen and oxygen atoms in total. The van der Waals surface area contributed by atoms with Crippen molar-refractivity contribution in [3.05, 3.63) is 47.5 Å². The normalized spacial score (nSPS) is 12.5. The second-order valence-electron chi connectivity index (χ2n) is 5.96. The van der Waals surface area contributed by atoms with Crippen LogP contribution in [0.25, 0.3) is 0 Å². The molecule has 0 fully saturated rings. The van der Waals surface area contributed by atoms with Gasteiger partial charge in [-0.2, -0.15) is 17.6 Å². The first kappa shape index (κ1) is 24.6. The van der Waals surface area contributed by atoms with Gasteiger partial charge in [-0.05, 0) is 12.1 Å². The number of hydrogen-bond donors (Lipinski definition) is 2. The fourth-order valence-corrected chi connectivity index (χ4v) is 2.75. The van der Waals surface area contributed by atoms with E-state index in [1.165, 1.54) is 25.2 Å². The lowest BCUT2D eigenvalue weighted by Crippen LogP contribution is -2.36. The van der Waals surface area contributed by atoms with E-state index in [-0.39, 0.29) is 55.4 Å². The number of fused-ring (bicyclic) bond motifs is 1. The molecular weight excluding hydrogens is 537 g/mol. The number of alkyl halides is 4. The SMILES string of the molecule is CN=C(NCc1ccccc1OC(F)F)NCc1cc2c(cc1OC(F)F)OCO2.I. The molecule has 170 valence electrons. The van der Waals surface area contributed by atoms with E-state index in [1.54, 1.807) is 18.2 Å². The fraction of sp³-hybridized carbons (Fsp3) is 0.316. The summed E-state index contributed by atoms with van der Waals surface area (Å²) in [7, 11) is 1.51. The summed E-state index contributed by atoms with van der Waals surface area (Å²) in [5.41, 5.74) is 0.884. The third-order valence-corrected chi connectivity index (χ3v) is 4.08. The van der Waals surface area contributed by atoms with Gasteiger partial charge in [-0.1, -0.05) is 18.2 Å². The average Bonchev–Trinajstić information content (AvgIpc) is 3.15. The first-order valence-electron chi connectivity index (χ1n) is 8.81. The summed E-state index contributed by atoms with van der Waals surface area (Å²) in [6, 6.07) is 9.20. The molecule has 0 radical (unpaired) electrons. The Hall–Kier alpha value is -2.64. The van der Waals surface area contributed by atoms with Gasteiger partial charge in [-0.15, -0.1) is 24.0 Å². The van der Waals surface area contributed by atoms with E-state index in [0.29, 0.717) is 28.6 Å². The lowest BCUT2D eigenvalue weighted by molar-refractivity contribution is -0.0511. The second kappa shape index (κ2) is 11.7. The molecule has 31 heavy (non-hydrogen) atoms. The van der Waals surface area contributed by atoms with Crippen LogP contribution < -0.4 is 29.6 Å². The lowest BCUT2D eigenvalue weighted by Gasteiger charge is -2.16. The van der Waals surface area contributed by atoms with Crippen molar-refractivity contribution in [1.29, 1.82) is 0 Å². The van der Waals surface area contributed by atoms with Crippen molar-refractivity contribution in [3.63, 3.8) is 0 Å². The summed E-state index contributed by atoms with van der Waals surface area (Å²) in [4.78, 5) is 4.03. The third-order valence-electron chi connectivity index (χ3n) is 4.08. The second-order valence-corrected chi connectivity index (χ2v) is 5.96. The Morgan fingerprint density at radius 3 is 2.16 bits per heavy atom. The van der Waals surface area contributed by atoms with E-state index < -0.39 is 13.2 Å². The molecule has 0 atom stereocenters. The van der Waals surface area contributed by atoms with Crippen LogP contribution in [0.15, 0.2) is 41.4 Å². The number of hydrogen-bond acceptors (Lipinski definition) is 5. The Balaban J connectivity index is 0.00000341. The van der Waals surface area contributed by atoms with Crippen LogP contribution in [-0.4, -0.2) is 33.0 Å². The molecule has 1 aliphatic heterocycles. The summed E-state index contributed by atoms with van der Waals surface area (Å²) in [6.07, 6.45) is 0. The highest BCUT2D eigenvalue weighted by atomic mass is 127. The van der Waals surface area contributed by atoms with Gasteiger partial charge < -0.3 is 29.6 Å². The van der Waals surface area contributed by atoms with Crippen LogP contribution in [0.4, 0.5) is 17.6 Å². The molecule has 0 saturated carbocycles. The highest BCUT2D eigenvalue weighted by Crippen LogP contribution is 2.38. The van der Waals surface area contributed by atoms with Gasteiger partial charge in [0.05, 0.1) is 0 Å². The van der Waals surface area contributed by atoms with E-state index >= 15 is 0 Å². The Morgan fingerprint density at radius 1 is 0.935 bits per heavy atom. The molecule has 2 aromatic carbocycles. The van der Waals surface area contributed by atoms with Crippen molar-refractivity contribution in [2.24, 2.45) is 4.99 Å². The fourth-order valence-electron chi connectivity index (χ4n) is 2.75. The van der Waals surface area contributed by atoms with E-state index in [4.69, 9.17) is 9.47 Å². The number of nitrogens with zero attached hydrogens (tertiary/aromatic N) is 1. The maximum Gasteiger partial charge on any atom is 0.387 e. The number of benzene rings is 2. The van der Waals surface area contributed by atoms with Crippen molar-refractivity contribution < 1.29 is 36.5 Å². The molecule has 3 rings (SSSR count). The highest BCUT2D eigenvalue weighted by molar-refractivity contribution is 14.0. The summed E-state index contributed by atoms with van der Waals surface area (Å²) in [5.74, 6) is 1.01. The summed E-state index contributed by atoms with van der Waals surface area (Å²) >= 11 is 0. The highest BCUT2D eigenvalue weighted by Gasteiger charge is 2.20. The van der Waals surface area contributed by atoms with Gasteiger partial charge in [0.15, 0.2) is 17.5 Å². The predicted molar refractivity (Wildman–Crippen MR) is 115 cm³/mol. The molecule has 1 aliphatic rings. The van der Waals surface area contributed by atoms with E-state index in [9.17, 15) is 17.6 Å². The number of para-hydroxylation sites is 1. The Morgan fingerprint density at radius 2 is 1.52 bits per heavy atom. The summed E-state index contributed by atoms with van der Waals surface area (Å²) in [5, 5.41) is 5.90. The first-order chi connectivity index (χ1) is 14.5. The molecule has 0 aromatic heterocycles. The third kappa shape index (κ3) is 6.94. The van der Waals surface area contributed by atoms with Gasteiger partial charge in [0.1, 0.15) is 11.5 Å². The zero-order valence-corrected chi connectivity index (χ0v) is 18.6. The topological polar surface area (TPSA) is 73.3 Å². The number of rotatable bonds is 8. The molecule has 0 spiro atoms. The molecule has 0 unspecified atom stereocenters. The molecule has 12 heteroatoms. The zero-order valence-electron chi connectivity index (χ0n) is 16.2. The molecule has 0 saturated heterocycles. The van der Waals surface area contributed by atoms with Crippen molar-refractivity contribution in [2.75, 3.05) is 13.8 Å². The van der Waals surface area contributed by atoms with Crippen LogP contribution in [0.5, 0.6) is 23.0 Å². The molecule has 0 aliphatic carbocycles. The van der Waals surface area contributed by atoms with E-state index in [0.717, 1.165) is 0 Å². The quantitative estimate of drug-likeness (QED) is 0.221. The predicted octanol–water partition coefficient (Wildman–Crippen LogP) is 4.10. The van der Waals surface area contributed by atoms with Crippen molar-refractivity contribution in [2.45, 2.75) is 26.3 Å². The summed E-state index contributed by atoms with van der Waals surface area (Å²) in [6.45, 7) is -5.74. The van der Waals surface area contributed by atoms with Crippen LogP contribution in [0.1, 0.15) is 11.1 Å². The molecule has 1 heterocycles. The molecule has 0 amide bonds. The molecule has 0 bridgehead atoms. The first-order valence-corrected chi connectivity index (χ1v) is 8.81. The van der Waals surface area contributed by atoms with Crippen LogP contribution >= 0.6 is 24.0 Å². The van der Waals surface area contributed by atoms with Gasteiger partial charge in [-0.3, -0.25) is 4.99 Å². The monoisotopic (exact) mass is 557 g/mol.